The Morgan fingerprint density at radius 3 is 2.65 bits per heavy atom. The molecule has 3 heteroatoms. The SMILES string of the molecule is Cn1c(-c2ccccc2)nc2c1CCCC2=O. The highest BCUT2D eigenvalue weighted by Crippen LogP contribution is 2.26. The van der Waals surface area contributed by atoms with E-state index in [0.717, 1.165) is 29.9 Å². The molecule has 1 aromatic carbocycles. The number of carbonyl (C=O) groups is 1. The molecular weight excluding hydrogens is 212 g/mol. The van der Waals surface area contributed by atoms with E-state index in [0.29, 0.717) is 12.1 Å². The summed E-state index contributed by atoms with van der Waals surface area (Å²) in [6.07, 6.45) is 2.54. The highest BCUT2D eigenvalue weighted by Gasteiger charge is 2.24. The fraction of sp³-hybridized carbons (Fsp3) is 0.286. The maximum atomic E-state index is 11.8. The summed E-state index contributed by atoms with van der Waals surface area (Å²) in [5.41, 5.74) is 2.83. The number of imidazole rings is 1. The number of rotatable bonds is 1. The Hall–Kier alpha value is -1.90. The van der Waals surface area contributed by atoms with Gasteiger partial charge in [-0.25, -0.2) is 4.98 Å². The summed E-state index contributed by atoms with van der Waals surface area (Å²) < 4.78 is 2.06. The maximum Gasteiger partial charge on any atom is 0.183 e. The minimum Gasteiger partial charge on any atom is -0.330 e. The summed E-state index contributed by atoms with van der Waals surface area (Å²) in [5, 5.41) is 0. The number of nitrogens with zero attached hydrogens (tertiary/aromatic N) is 2. The van der Waals surface area contributed by atoms with E-state index in [1.165, 1.54) is 0 Å². The fourth-order valence-corrected chi connectivity index (χ4v) is 2.42. The van der Waals surface area contributed by atoms with Crippen molar-refractivity contribution in [1.82, 2.24) is 9.55 Å². The summed E-state index contributed by atoms with van der Waals surface area (Å²) >= 11 is 0. The average molecular weight is 226 g/mol. The van der Waals surface area contributed by atoms with Crippen molar-refractivity contribution in [2.24, 2.45) is 7.05 Å². The van der Waals surface area contributed by atoms with Crippen molar-refractivity contribution in [3.63, 3.8) is 0 Å². The van der Waals surface area contributed by atoms with Crippen LogP contribution in [0.15, 0.2) is 30.3 Å². The van der Waals surface area contributed by atoms with Crippen LogP contribution in [0.25, 0.3) is 11.4 Å². The van der Waals surface area contributed by atoms with Gasteiger partial charge in [-0.2, -0.15) is 0 Å². The molecule has 1 heterocycles. The van der Waals surface area contributed by atoms with Crippen molar-refractivity contribution in [3.05, 3.63) is 41.7 Å². The summed E-state index contributed by atoms with van der Waals surface area (Å²) in [7, 11) is 1.99. The Labute approximate surface area is 100 Å². The second kappa shape index (κ2) is 3.84. The lowest BCUT2D eigenvalue weighted by molar-refractivity contribution is 0.0967. The molecule has 3 nitrogen and oxygen atoms in total. The molecule has 0 radical (unpaired) electrons. The third-order valence-electron chi connectivity index (χ3n) is 3.33. The Morgan fingerprint density at radius 2 is 1.94 bits per heavy atom. The van der Waals surface area contributed by atoms with E-state index in [1.807, 2.05) is 37.4 Å². The lowest BCUT2D eigenvalue weighted by atomic mass is 10.00. The molecule has 2 aromatic rings. The van der Waals surface area contributed by atoms with Crippen LogP contribution in [0.2, 0.25) is 0 Å². The molecule has 0 amide bonds. The standard InChI is InChI=1S/C14H14N2O/c1-16-11-8-5-9-12(17)13(11)15-14(16)10-6-3-2-4-7-10/h2-4,6-7H,5,8-9H2,1H3. The topological polar surface area (TPSA) is 34.9 Å². The number of carbonyl (C=O) groups excluding carboxylic acids is 1. The Bertz CT molecular complexity index is 569. The van der Waals surface area contributed by atoms with Crippen molar-refractivity contribution in [2.45, 2.75) is 19.3 Å². The molecular formula is C14H14N2O. The first-order valence-electron chi connectivity index (χ1n) is 5.91. The predicted octanol–water partition coefficient (Wildman–Crippen LogP) is 2.61. The number of benzene rings is 1. The van der Waals surface area contributed by atoms with Crippen LogP contribution in [0, 0.1) is 0 Å². The van der Waals surface area contributed by atoms with Crippen LogP contribution in [0.1, 0.15) is 29.0 Å². The number of ketones is 1. The van der Waals surface area contributed by atoms with Crippen molar-refractivity contribution in [3.8, 4) is 11.4 Å². The molecule has 0 N–H and O–H groups in total. The minimum atomic E-state index is 0.184. The lowest BCUT2D eigenvalue weighted by Crippen LogP contribution is -2.12. The minimum absolute atomic E-state index is 0.184. The molecule has 0 aliphatic heterocycles. The molecule has 0 fully saturated rings. The van der Waals surface area contributed by atoms with Gasteiger partial charge in [0.15, 0.2) is 5.78 Å². The Balaban J connectivity index is 2.17. The molecule has 1 aliphatic rings. The van der Waals surface area contributed by atoms with E-state index in [-0.39, 0.29) is 5.78 Å². The maximum absolute atomic E-state index is 11.8. The number of hydrogen-bond donors (Lipinski definition) is 0. The summed E-state index contributed by atoms with van der Waals surface area (Å²) in [6, 6.07) is 10.0. The van der Waals surface area contributed by atoms with Crippen LogP contribution in [-0.4, -0.2) is 15.3 Å². The zero-order valence-corrected chi connectivity index (χ0v) is 9.81. The molecule has 0 bridgehead atoms. The summed E-state index contributed by atoms with van der Waals surface area (Å²) in [6.45, 7) is 0. The van der Waals surface area contributed by atoms with Gasteiger partial charge in [0.1, 0.15) is 11.5 Å². The quantitative estimate of drug-likeness (QED) is 0.749. The molecule has 0 spiro atoms. The molecule has 1 aliphatic carbocycles. The van der Waals surface area contributed by atoms with Gasteiger partial charge in [0.25, 0.3) is 0 Å². The largest absolute Gasteiger partial charge is 0.330 e. The van der Waals surface area contributed by atoms with Gasteiger partial charge < -0.3 is 4.57 Å². The van der Waals surface area contributed by atoms with Crippen molar-refractivity contribution in [2.75, 3.05) is 0 Å². The first kappa shape index (κ1) is 10.3. The van der Waals surface area contributed by atoms with Crippen molar-refractivity contribution in [1.29, 1.82) is 0 Å². The van der Waals surface area contributed by atoms with Gasteiger partial charge in [-0.05, 0) is 12.8 Å². The van der Waals surface area contributed by atoms with Crippen LogP contribution in [0.4, 0.5) is 0 Å². The normalized spacial score (nSPS) is 14.8. The van der Waals surface area contributed by atoms with E-state index < -0.39 is 0 Å². The van der Waals surface area contributed by atoms with Crippen molar-refractivity contribution < 1.29 is 4.79 Å². The molecule has 3 rings (SSSR count). The molecule has 0 saturated carbocycles. The molecule has 86 valence electrons. The number of fused-ring (bicyclic) bond motifs is 1. The first-order valence-corrected chi connectivity index (χ1v) is 5.91. The third-order valence-corrected chi connectivity index (χ3v) is 3.33. The molecule has 1 aromatic heterocycles. The van der Waals surface area contributed by atoms with E-state index in [1.54, 1.807) is 0 Å². The number of aromatic nitrogens is 2. The molecule has 0 atom stereocenters. The Kier molecular flexibility index (Phi) is 2.32. The van der Waals surface area contributed by atoms with Crippen LogP contribution in [0.5, 0.6) is 0 Å². The zero-order chi connectivity index (χ0) is 11.8. The third kappa shape index (κ3) is 1.58. The zero-order valence-electron chi connectivity index (χ0n) is 9.81. The fourth-order valence-electron chi connectivity index (χ4n) is 2.42. The second-order valence-corrected chi connectivity index (χ2v) is 4.43. The van der Waals surface area contributed by atoms with Gasteiger partial charge in [0.2, 0.25) is 0 Å². The summed E-state index contributed by atoms with van der Waals surface area (Å²) in [5.74, 6) is 1.08. The van der Waals surface area contributed by atoms with E-state index in [2.05, 4.69) is 9.55 Å². The van der Waals surface area contributed by atoms with E-state index >= 15 is 0 Å². The molecule has 17 heavy (non-hydrogen) atoms. The summed E-state index contributed by atoms with van der Waals surface area (Å²) in [4.78, 5) is 16.3. The van der Waals surface area contributed by atoms with E-state index in [9.17, 15) is 4.79 Å². The lowest BCUT2D eigenvalue weighted by Gasteiger charge is -2.10. The smallest absolute Gasteiger partial charge is 0.183 e. The van der Waals surface area contributed by atoms with Gasteiger partial charge in [-0.3, -0.25) is 4.79 Å². The highest BCUT2D eigenvalue weighted by atomic mass is 16.1. The van der Waals surface area contributed by atoms with Gasteiger partial charge in [0, 0.05) is 24.7 Å². The number of Topliss-reactive ketones (excluding diaryl/α,β-unsaturated/α-hetero) is 1. The van der Waals surface area contributed by atoms with E-state index in [4.69, 9.17) is 0 Å². The van der Waals surface area contributed by atoms with Gasteiger partial charge >= 0.3 is 0 Å². The molecule has 0 saturated heterocycles. The van der Waals surface area contributed by atoms with Crippen LogP contribution in [0.3, 0.4) is 0 Å². The second-order valence-electron chi connectivity index (χ2n) is 4.43. The first-order chi connectivity index (χ1) is 8.27. The van der Waals surface area contributed by atoms with Gasteiger partial charge in [-0.15, -0.1) is 0 Å². The average Bonchev–Trinajstić information content (AvgIpc) is 2.70. The molecule has 0 unspecified atom stereocenters. The van der Waals surface area contributed by atoms with Crippen LogP contribution in [-0.2, 0) is 13.5 Å². The van der Waals surface area contributed by atoms with Crippen molar-refractivity contribution >= 4 is 5.78 Å². The highest BCUT2D eigenvalue weighted by molar-refractivity contribution is 5.97. The van der Waals surface area contributed by atoms with Gasteiger partial charge in [0.05, 0.1) is 0 Å². The van der Waals surface area contributed by atoms with Crippen LogP contribution < -0.4 is 0 Å². The predicted molar refractivity (Wildman–Crippen MR) is 65.9 cm³/mol. The number of hydrogen-bond acceptors (Lipinski definition) is 2. The van der Waals surface area contributed by atoms with Crippen LogP contribution >= 0.6 is 0 Å². The van der Waals surface area contributed by atoms with Gasteiger partial charge in [-0.1, -0.05) is 30.3 Å². The monoisotopic (exact) mass is 226 g/mol. The Morgan fingerprint density at radius 1 is 1.18 bits per heavy atom.